The van der Waals surface area contributed by atoms with E-state index in [2.05, 4.69) is 227 Å². The van der Waals surface area contributed by atoms with Crippen molar-refractivity contribution in [3.05, 3.63) is 180 Å². The second-order valence-electron chi connectivity index (χ2n) is 19.5. The number of nitrogens with zero attached hydrogens (tertiary/aromatic N) is 3. The Morgan fingerprint density at radius 2 is 1.03 bits per heavy atom. The minimum absolute atomic E-state index is 0.0123. The molecule has 0 radical (unpaired) electrons. The van der Waals surface area contributed by atoms with Crippen LogP contribution in [0.3, 0.4) is 0 Å². The predicted octanol–water partition coefficient (Wildman–Crippen LogP) is 13.7. The van der Waals surface area contributed by atoms with Crippen LogP contribution in [0.5, 0.6) is 0 Å². The third kappa shape index (κ3) is 5.33. The summed E-state index contributed by atoms with van der Waals surface area (Å²) in [7, 11) is 0. The molecular formula is C57H48BN3O. The van der Waals surface area contributed by atoms with Gasteiger partial charge in [0, 0.05) is 50.3 Å². The van der Waals surface area contributed by atoms with Gasteiger partial charge in [-0.2, -0.15) is 0 Å². The molecule has 0 spiro atoms. The van der Waals surface area contributed by atoms with Crippen LogP contribution in [0.25, 0.3) is 49.4 Å². The molecule has 4 heterocycles. The van der Waals surface area contributed by atoms with Crippen molar-refractivity contribution in [2.45, 2.75) is 59.3 Å². The molecule has 300 valence electrons. The molecule has 10 aromatic rings. The van der Waals surface area contributed by atoms with E-state index in [1.165, 1.54) is 77.6 Å². The molecule has 5 heteroatoms. The summed E-state index contributed by atoms with van der Waals surface area (Å²) >= 11 is 0. The Labute approximate surface area is 363 Å². The SMILES string of the molecule is Cc1cc2c3c(c1)N(c1cccc4oc5ccccc5c14)c1ccc(C(C)(C)C)cc1B3c1ccc(-n3c4ccccc4c4ccccc43)cc1N2c1ccc(C(C)(C)C)cc1. The van der Waals surface area contributed by atoms with E-state index in [0.717, 1.165) is 39.0 Å². The summed E-state index contributed by atoms with van der Waals surface area (Å²) in [6, 6.07) is 61.2. The molecule has 0 aliphatic carbocycles. The van der Waals surface area contributed by atoms with Crippen LogP contribution in [0.2, 0.25) is 0 Å². The van der Waals surface area contributed by atoms with Crippen molar-refractivity contribution in [2.24, 2.45) is 0 Å². The molecular weight excluding hydrogens is 753 g/mol. The van der Waals surface area contributed by atoms with Gasteiger partial charge in [-0.25, -0.2) is 0 Å². The zero-order chi connectivity index (χ0) is 42.2. The summed E-state index contributed by atoms with van der Waals surface area (Å²) in [5.41, 5.74) is 20.2. The van der Waals surface area contributed by atoms with E-state index in [-0.39, 0.29) is 17.5 Å². The summed E-state index contributed by atoms with van der Waals surface area (Å²) in [5, 5.41) is 4.78. The predicted molar refractivity (Wildman–Crippen MR) is 264 cm³/mol. The van der Waals surface area contributed by atoms with Gasteiger partial charge in [0.2, 0.25) is 0 Å². The maximum absolute atomic E-state index is 6.54. The van der Waals surface area contributed by atoms with Crippen LogP contribution in [0.1, 0.15) is 58.2 Å². The smallest absolute Gasteiger partial charge is 0.252 e. The number of hydrogen-bond donors (Lipinski definition) is 0. The second kappa shape index (κ2) is 13.0. The number of aryl methyl sites for hydroxylation is 1. The minimum atomic E-state index is -0.0459. The van der Waals surface area contributed by atoms with E-state index in [1.807, 2.05) is 0 Å². The first-order valence-corrected chi connectivity index (χ1v) is 22.0. The summed E-state index contributed by atoms with van der Waals surface area (Å²) in [6.45, 7) is 16.1. The van der Waals surface area contributed by atoms with Crippen LogP contribution in [0.15, 0.2) is 168 Å². The van der Waals surface area contributed by atoms with Crippen LogP contribution in [0.4, 0.5) is 34.1 Å². The summed E-state index contributed by atoms with van der Waals surface area (Å²) in [4.78, 5) is 5.08. The number of rotatable bonds is 3. The lowest BCUT2D eigenvalue weighted by Gasteiger charge is -2.45. The standard InChI is InChI=1S/C57H48BN3O/c1-35-31-50-55-51(32-35)61(48-20-14-22-53-54(48)42-17-10-13-21-52(42)62-53)47-30-25-37(57(5,6)7)33-44(47)58(55)43-29-28-39(34-49(43)59(50)38-26-23-36(24-27-38)56(2,3)4)60-45-18-11-8-15-40(45)41-16-9-12-19-46(41)60/h8-34H,1-7H3. The first-order valence-electron chi connectivity index (χ1n) is 22.0. The van der Waals surface area contributed by atoms with Crippen molar-refractivity contribution in [1.82, 2.24) is 4.57 Å². The lowest BCUT2D eigenvalue weighted by molar-refractivity contribution is 0.590. The summed E-state index contributed by atoms with van der Waals surface area (Å²) in [5.74, 6) is 0. The van der Waals surface area contributed by atoms with Crippen LogP contribution in [-0.4, -0.2) is 11.3 Å². The summed E-state index contributed by atoms with van der Waals surface area (Å²) in [6.07, 6.45) is 0. The number of anilines is 6. The number of hydrogen-bond acceptors (Lipinski definition) is 3. The van der Waals surface area contributed by atoms with Gasteiger partial charge < -0.3 is 18.8 Å². The Morgan fingerprint density at radius 1 is 0.435 bits per heavy atom. The lowest BCUT2D eigenvalue weighted by atomic mass is 9.33. The van der Waals surface area contributed by atoms with Gasteiger partial charge in [0.05, 0.1) is 22.1 Å². The van der Waals surface area contributed by atoms with Gasteiger partial charge in [-0.3, -0.25) is 0 Å². The van der Waals surface area contributed by atoms with Gasteiger partial charge in [-0.05, 0) is 124 Å². The highest BCUT2D eigenvalue weighted by Gasteiger charge is 2.44. The molecule has 0 N–H and O–H groups in total. The first kappa shape index (κ1) is 36.8. The molecule has 12 rings (SSSR count). The highest BCUT2D eigenvalue weighted by molar-refractivity contribution is 7.00. The van der Waals surface area contributed by atoms with Crippen molar-refractivity contribution >= 4 is 101 Å². The van der Waals surface area contributed by atoms with E-state index in [9.17, 15) is 0 Å². The summed E-state index contributed by atoms with van der Waals surface area (Å²) < 4.78 is 8.99. The zero-order valence-electron chi connectivity index (χ0n) is 36.4. The van der Waals surface area contributed by atoms with Gasteiger partial charge in [-0.15, -0.1) is 0 Å². The Bertz CT molecular complexity index is 3410. The van der Waals surface area contributed by atoms with Crippen LogP contribution >= 0.6 is 0 Å². The van der Waals surface area contributed by atoms with Gasteiger partial charge in [0.1, 0.15) is 11.2 Å². The average molecular weight is 802 g/mol. The fraction of sp³-hybridized carbons (Fsp3) is 0.158. The van der Waals surface area contributed by atoms with Gasteiger partial charge in [0.15, 0.2) is 0 Å². The van der Waals surface area contributed by atoms with E-state index < -0.39 is 0 Å². The van der Waals surface area contributed by atoms with Gasteiger partial charge >= 0.3 is 0 Å². The maximum atomic E-state index is 6.54. The van der Waals surface area contributed by atoms with E-state index >= 15 is 0 Å². The molecule has 62 heavy (non-hydrogen) atoms. The molecule has 0 fully saturated rings. The van der Waals surface area contributed by atoms with Crippen molar-refractivity contribution in [3.8, 4) is 5.69 Å². The molecule has 0 saturated carbocycles. The monoisotopic (exact) mass is 801 g/mol. The highest BCUT2D eigenvalue weighted by Crippen LogP contribution is 2.48. The molecule has 0 atom stereocenters. The highest BCUT2D eigenvalue weighted by atomic mass is 16.3. The number of para-hydroxylation sites is 3. The minimum Gasteiger partial charge on any atom is -0.456 e. The zero-order valence-corrected chi connectivity index (χ0v) is 36.4. The third-order valence-corrected chi connectivity index (χ3v) is 13.5. The maximum Gasteiger partial charge on any atom is 0.252 e. The van der Waals surface area contributed by atoms with Crippen LogP contribution in [-0.2, 0) is 10.8 Å². The van der Waals surface area contributed by atoms with E-state index in [0.29, 0.717) is 0 Å². The Kier molecular flexibility index (Phi) is 7.73. The topological polar surface area (TPSA) is 24.6 Å². The molecule has 2 aromatic heterocycles. The fourth-order valence-electron chi connectivity index (χ4n) is 10.5. The molecule has 0 saturated heterocycles. The van der Waals surface area contributed by atoms with Crippen molar-refractivity contribution in [2.75, 3.05) is 9.80 Å². The number of benzene rings is 8. The number of aromatic nitrogens is 1. The fourth-order valence-corrected chi connectivity index (χ4v) is 10.5. The number of fused-ring (bicyclic) bond motifs is 10. The number of furan rings is 1. The van der Waals surface area contributed by atoms with Crippen LogP contribution < -0.4 is 26.2 Å². The molecule has 0 unspecified atom stereocenters. The molecule has 0 bridgehead atoms. The molecule has 4 nitrogen and oxygen atoms in total. The molecule has 0 amide bonds. The normalized spacial score (nSPS) is 13.6. The third-order valence-electron chi connectivity index (χ3n) is 13.5. The molecule has 8 aromatic carbocycles. The van der Waals surface area contributed by atoms with Gasteiger partial charge in [0.25, 0.3) is 6.71 Å². The quantitative estimate of drug-likeness (QED) is 0.166. The van der Waals surface area contributed by atoms with E-state index in [4.69, 9.17) is 4.42 Å². The second-order valence-corrected chi connectivity index (χ2v) is 19.5. The average Bonchev–Trinajstić information content (AvgIpc) is 3.81. The Balaban J connectivity index is 1.18. The van der Waals surface area contributed by atoms with Crippen molar-refractivity contribution in [3.63, 3.8) is 0 Å². The first-order chi connectivity index (χ1) is 29.9. The Hall–Kier alpha value is -6.98. The lowest BCUT2D eigenvalue weighted by Crippen LogP contribution is -2.61. The van der Waals surface area contributed by atoms with Gasteiger partial charge in [-0.1, -0.05) is 133 Å². The van der Waals surface area contributed by atoms with E-state index in [1.54, 1.807) is 0 Å². The van der Waals surface area contributed by atoms with Crippen molar-refractivity contribution in [1.29, 1.82) is 0 Å². The molecule has 2 aliphatic heterocycles. The molecule has 2 aliphatic rings. The largest absolute Gasteiger partial charge is 0.456 e. The van der Waals surface area contributed by atoms with Crippen LogP contribution in [0, 0.1) is 6.92 Å². The Morgan fingerprint density at radius 3 is 1.73 bits per heavy atom. The van der Waals surface area contributed by atoms with Crippen molar-refractivity contribution < 1.29 is 4.42 Å².